The summed E-state index contributed by atoms with van der Waals surface area (Å²) in [7, 11) is 0. The van der Waals surface area contributed by atoms with E-state index in [9.17, 15) is 9.18 Å². The predicted molar refractivity (Wildman–Crippen MR) is 116 cm³/mol. The van der Waals surface area contributed by atoms with Crippen molar-refractivity contribution in [1.29, 1.82) is 0 Å². The third-order valence-corrected chi connectivity index (χ3v) is 6.08. The summed E-state index contributed by atoms with van der Waals surface area (Å²) in [6, 6.07) is 7.15. The van der Waals surface area contributed by atoms with E-state index in [4.69, 9.17) is 26.8 Å². The molecule has 2 fully saturated rings. The van der Waals surface area contributed by atoms with Crippen LogP contribution in [0.4, 0.5) is 16.2 Å². The minimum Gasteiger partial charge on any atom is -0.379 e. The Morgan fingerprint density at radius 2 is 2.16 bits per heavy atom. The van der Waals surface area contributed by atoms with Crippen molar-refractivity contribution >= 4 is 29.2 Å². The number of anilines is 2. The van der Waals surface area contributed by atoms with Crippen LogP contribution in [0.5, 0.6) is 0 Å². The van der Waals surface area contributed by atoms with Gasteiger partial charge in [0, 0.05) is 42.8 Å². The molecular formula is C22H26ClFN4O3. The van der Waals surface area contributed by atoms with E-state index in [1.165, 1.54) is 0 Å². The van der Waals surface area contributed by atoms with Gasteiger partial charge in [-0.05, 0) is 30.5 Å². The van der Waals surface area contributed by atoms with Crippen molar-refractivity contribution in [1.82, 2.24) is 9.97 Å². The topological polar surface area (TPSA) is 90.6 Å². The van der Waals surface area contributed by atoms with Gasteiger partial charge in [-0.25, -0.2) is 9.37 Å². The molecule has 3 heterocycles. The van der Waals surface area contributed by atoms with Crippen molar-refractivity contribution in [3.63, 3.8) is 0 Å². The molecule has 0 aliphatic carbocycles. The third-order valence-electron chi connectivity index (χ3n) is 5.75. The molecule has 2 N–H and O–H groups in total. The maximum absolute atomic E-state index is 14.7. The fourth-order valence-corrected chi connectivity index (χ4v) is 4.41. The number of halogens is 2. The second kappa shape index (κ2) is 9.06. The lowest BCUT2D eigenvalue weighted by atomic mass is 9.93. The van der Waals surface area contributed by atoms with E-state index in [0.29, 0.717) is 23.8 Å². The summed E-state index contributed by atoms with van der Waals surface area (Å²) in [5, 5.41) is 0.500. The van der Waals surface area contributed by atoms with Crippen LogP contribution in [0, 0.1) is 6.92 Å². The number of ether oxygens (including phenoxy) is 2. The molecule has 2 saturated heterocycles. The van der Waals surface area contributed by atoms with E-state index in [1.54, 1.807) is 6.07 Å². The number of carbonyl (C=O) groups is 1. The highest BCUT2D eigenvalue weighted by Crippen LogP contribution is 2.34. The first-order valence-electron chi connectivity index (χ1n) is 10.4. The largest absolute Gasteiger partial charge is 0.379 e. The number of hydrogen-bond acceptors (Lipinski definition) is 7. The van der Waals surface area contributed by atoms with Gasteiger partial charge >= 0.3 is 0 Å². The lowest BCUT2D eigenvalue weighted by Crippen LogP contribution is -2.35. The summed E-state index contributed by atoms with van der Waals surface area (Å²) < 4.78 is 25.5. The molecule has 166 valence electrons. The molecule has 1 unspecified atom stereocenters. The molecule has 0 saturated carbocycles. The van der Waals surface area contributed by atoms with Crippen LogP contribution < -0.4 is 10.6 Å². The monoisotopic (exact) mass is 448 g/mol. The van der Waals surface area contributed by atoms with Crippen molar-refractivity contribution in [2.75, 3.05) is 43.6 Å². The molecule has 1 aromatic carbocycles. The van der Waals surface area contributed by atoms with Gasteiger partial charge < -0.3 is 20.1 Å². The van der Waals surface area contributed by atoms with Gasteiger partial charge in [-0.15, -0.1) is 0 Å². The highest BCUT2D eigenvalue weighted by molar-refractivity contribution is 6.31. The molecule has 4 rings (SSSR count). The number of alkyl halides is 1. The average molecular weight is 449 g/mol. The zero-order valence-corrected chi connectivity index (χ0v) is 18.2. The van der Waals surface area contributed by atoms with Gasteiger partial charge in [0.05, 0.1) is 25.9 Å². The average Bonchev–Trinajstić information content (AvgIpc) is 3.02. The Hall–Kier alpha value is -2.29. The second-order valence-electron chi connectivity index (χ2n) is 8.09. The van der Waals surface area contributed by atoms with Gasteiger partial charge in [0.25, 0.3) is 0 Å². The summed E-state index contributed by atoms with van der Waals surface area (Å²) >= 11 is 6.64. The van der Waals surface area contributed by atoms with Crippen molar-refractivity contribution in [3.05, 3.63) is 46.1 Å². The van der Waals surface area contributed by atoms with Gasteiger partial charge in [0.2, 0.25) is 5.95 Å². The normalized spacial score (nSPS) is 24.2. The van der Waals surface area contributed by atoms with Crippen LogP contribution in [0.3, 0.4) is 0 Å². The molecule has 0 amide bonds. The molecule has 0 radical (unpaired) electrons. The minimum absolute atomic E-state index is 0.0214. The quantitative estimate of drug-likeness (QED) is 0.750. The van der Waals surface area contributed by atoms with Crippen LogP contribution in [-0.2, 0) is 20.7 Å². The molecule has 31 heavy (non-hydrogen) atoms. The number of nitrogens with zero attached hydrogens (tertiary/aromatic N) is 3. The van der Waals surface area contributed by atoms with E-state index in [-0.39, 0.29) is 38.0 Å². The Labute approximate surface area is 185 Å². The van der Waals surface area contributed by atoms with Gasteiger partial charge in [-0.1, -0.05) is 23.7 Å². The first-order chi connectivity index (χ1) is 14.9. The number of nitrogens with two attached hydrogens (primary N) is 1. The number of hydrogen-bond donors (Lipinski definition) is 1. The number of carbonyl (C=O) groups excluding carboxylic acids is 1. The molecule has 2 aliphatic rings. The van der Waals surface area contributed by atoms with Crippen molar-refractivity contribution in [2.45, 2.75) is 37.9 Å². The van der Waals surface area contributed by atoms with E-state index in [1.807, 2.05) is 25.1 Å². The molecule has 7 nitrogen and oxygen atoms in total. The van der Waals surface area contributed by atoms with E-state index in [2.05, 4.69) is 14.9 Å². The smallest absolute Gasteiger partial charge is 0.222 e. The van der Waals surface area contributed by atoms with Gasteiger partial charge in [0.1, 0.15) is 5.82 Å². The SMILES string of the molecule is Cc1cc(N2CCCOC[C@H]2c2ccc(CC(=O)C3(F)CCOC3)cc2Cl)nc(N)n1. The summed E-state index contributed by atoms with van der Waals surface area (Å²) in [6.07, 6.45) is 0.921. The lowest BCUT2D eigenvalue weighted by molar-refractivity contribution is -0.129. The molecule has 0 bridgehead atoms. The molecule has 2 aliphatic heterocycles. The Morgan fingerprint density at radius 1 is 1.32 bits per heavy atom. The Kier molecular flexibility index (Phi) is 6.41. The standard InChI is InChI=1S/C22H26ClFN4O3/c1-14-9-20(27-21(25)26-14)28-6-2-7-30-12-18(28)16-4-3-15(10-17(16)23)11-19(29)22(24)5-8-31-13-22/h3-4,9-10,18H,2,5-8,11-13H2,1H3,(H2,25,26,27)/t18-,22?/m0/s1. The number of rotatable bonds is 5. The van der Waals surface area contributed by atoms with Crippen molar-refractivity contribution < 1.29 is 18.7 Å². The maximum atomic E-state index is 14.7. The number of nitrogen functional groups attached to an aromatic ring is 1. The number of ketones is 1. The van der Waals surface area contributed by atoms with Crippen molar-refractivity contribution in [3.8, 4) is 0 Å². The maximum Gasteiger partial charge on any atom is 0.222 e. The Morgan fingerprint density at radius 3 is 2.87 bits per heavy atom. The highest BCUT2D eigenvalue weighted by atomic mass is 35.5. The van der Waals surface area contributed by atoms with Gasteiger partial charge in [-0.2, -0.15) is 4.98 Å². The van der Waals surface area contributed by atoms with Crippen LogP contribution >= 0.6 is 11.6 Å². The summed E-state index contributed by atoms with van der Waals surface area (Å²) in [5.41, 5.74) is 6.28. The first-order valence-corrected chi connectivity index (χ1v) is 10.8. The Bertz CT molecular complexity index is 948. The van der Waals surface area contributed by atoms with E-state index >= 15 is 0 Å². The fourth-order valence-electron chi connectivity index (χ4n) is 4.09. The van der Waals surface area contributed by atoms with Crippen LogP contribution in [0.2, 0.25) is 5.02 Å². The zero-order chi connectivity index (χ0) is 22.0. The highest BCUT2D eigenvalue weighted by Gasteiger charge is 2.42. The number of Topliss-reactive ketones (excluding diaryl/α,β-unsaturated/α-hetero) is 1. The summed E-state index contributed by atoms with van der Waals surface area (Å²) in [5.74, 6) is 0.464. The third kappa shape index (κ3) is 4.81. The van der Waals surface area contributed by atoms with E-state index < -0.39 is 11.5 Å². The van der Waals surface area contributed by atoms with Crippen LogP contribution in [0.25, 0.3) is 0 Å². The molecule has 1 aromatic heterocycles. The molecule has 2 atom stereocenters. The van der Waals surface area contributed by atoms with Crippen LogP contribution in [0.1, 0.15) is 35.7 Å². The van der Waals surface area contributed by atoms with E-state index in [0.717, 1.165) is 30.0 Å². The molecule has 2 aromatic rings. The van der Waals surface area contributed by atoms with Crippen LogP contribution in [0.15, 0.2) is 24.3 Å². The first kappa shape index (κ1) is 21.9. The second-order valence-corrected chi connectivity index (χ2v) is 8.49. The number of aryl methyl sites for hydroxylation is 1. The predicted octanol–water partition coefficient (Wildman–Crippen LogP) is 3.23. The number of aromatic nitrogens is 2. The van der Waals surface area contributed by atoms with Gasteiger partial charge in [-0.3, -0.25) is 4.79 Å². The Balaban J connectivity index is 1.59. The van der Waals surface area contributed by atoms with Crippen LogP contribution in [-0.4, -0.2) is 54.4 Å². The van der Waals surface area contributed by atoms with Crippen molar-refractivity contribution in [2.24, 2.45) is 0 Å². The molecule has 9 heteroatoms. The lowest BCUT2D eigenvalue weighted by Gasteiger charge is -2.31. The fraction of sp³-hybridized carbons (Fsp3) is 0.500. The summed E-state index contributed by atoms with van der Waals surface area (Å²) in [6.45, 7) is 3.77. The number of benzene rings is 1. The molecular weight excluding hydrogens is 423 g/mol. The van der Waals surface area contributed by atoms with Gasteiger partial charge in [0.15, 0.2) is 11.5 Å². The minimum atomic E-state index is -1.90. The molecule has 0 spiro atoms. The summed E-state index contributed by atoms with van der Waals surface area (Å²) in [4.78, 5) is 23.1. The zero-order valence-electron chi connectivity index (χ0n) is 17.4.